The quantitative estimate of drug-likeness (QED) is 0.294. The second-order valence-electron chi connectivity index (χ2n) is 8.74. The van der Waals surface area contributed by atoms with E-state index in [2.05, 4.69) is 27.7 Å². The maximum Gasteiger partial charge on any atom is 0.243 e. The molecule has 0 bridgehead atoms. The molecule has 2 amide bonds. The van der Waals surface area contributed by atoms with Crippen molar-refractivity contribution in [3.8, 4) is 0 Å². The molecule has 1 aromatic heterocycles. The molecule has 1 aromatic rings. The smallest absolute Gasteiger partial charge is 0.243 e. The lowest BCUT2D eigenvalue weighted by molar-refractivity contribution is -0.154. The first-order valence-electron chi connectivity index (χ1n) is 11.2. The summed E-state index contributed by atoms with van der Waals surface area (Å²) >= 11 is 0. The van der Waals surface area contributed by atoms with Crippen LogP contribution in [-0.2, 0) is 16.0 Å². The number of hydrogen-bond donors (Lipinski definition) is 3. The van der Waals surface area contributed by atoms with Crippen molar-refractivity contribution in [3.05, 3.63) is 11.6 Å². The van der Waals surface area contributed by atoms with Gasteiger partial charge in [-0.3, -0.25) is 25.6 Å². The van der Waals surface area contributed by atoms with Gasteiger partial charge in [-0.2, -0.15) is 4.39 Å². The van der Waals surface area contributed by atoms with Gasteiger partial charge in [-0.15, -0.1) is 0 Å². The Hall–Kier alpha value is -2.49. The Bertz CT molecular complexity index is 774. The SMILES string of the molecule is CCc1nc(NNC(=O)C(CC2CCCC2)CN(O)C=O)c(F)c(N2CC[C@H](C)C2)n1. The van der Waals surface area contributed by atoms with Crippen LogP contribution in [0.4, 0.5) is 16.0 Å². The Kier molecular flexibility index (Phi) is 8.00. The fraction of sp³-hybridized carbons (Fsp3) is 0.714. The molecular formula is C21H33FN6O3. The van der Waals surface area contributed by atoms with Gasteiger partial charge in [0, 0.05) is 19.5 Å². The number of hydrazine groups is 1. The van der Waals surface area contributed by atoms with Crippen LogP contribution in [0.25, 0.3) is 0 Å². The molecule has 9 nitrogen and oxygen atoms in total. The van der Waals surface area contributed by atoms with E-state index in [1.807, 2.05) is 11.8 Å². The van der Waals surface area contributed by atoms with E-state index in [4.69, 9.17) is 0 Å². The van der Waals surface area contributed by atoms with E-state index in [0.29, 0.717) is 35.6 Å². The van der Waals surface area contributed by atoms with E-state index in [9.17, 15) is 14.8 Å². The Morgan fingerprint density at radius 1 is 1.35 bits per heavy atom. The third-order valence-electron chi connectivity index (χ3n) is 6.22. The molecule has 0 spiro atoms. The van der Waals surface area contributed by atoms with Crippen molar-refractivity contribution < 1.29 is 19.2 Å². The van der Waals surface area contributed by atoms with Gasteiger partial charge in [0.1, 0.15) is 5.82 Å². The summed E-state index contributed by atoms with van der Waals surface area (Å²) in [7, 11) is 0. The fourth-order valence-electron chi connectivity index (χ4n) is 4.46. The predicted octanol–water partition coefficient (Wildman–Crippen LogP) is 2.51. The van der Waals surface area contributed by atoms with Gasteiger partial charge in [-0.1, -0.05) is 39.5 Å². The van der Waals surface area contributed by atoms with Crippen molar-refractivity contribution in [2.45, 2.75) is 58.8 Å². The van der Waals surface area contributed by atoms with Crippen molar-refractivity contribution in [1.29, 1.82) is 0 Å². The van der Waals surface area contributed by atoms with E-state index in [0.717, 1.165) is 45.2 Å². The predicted molar refractivity (Wildman–Crippen MR) is 114 cm³/mol. The van der Waals surface area contributed by atoms with E-state index < -0.39 is 17.6 Å². The van der Waals surface area contributed by atoms with Gasteiger partial charge in [0.25, 0.3) is 0 Å². The van der Waals surface area contributed by atoms with Gasteiger partial charge in [0.05, 0.1) is 12.5 Å². The van der Waals surface area contributed by atoms with Crippen molar-refractivity contribution in [2.75, 3.05) is 30.0 Å². The minimum Gasteiger partial charge on any atom is -0.354 e. The zero-order valence-electron chi connectivity index (χ0n) is 18.3. The summed E-state index contributed by atoms with van der Waals surface area (Å²) in [5.74, 6) is -0.134. The lowest BCUT2D eigenvalue weighted by Gasteiger charge is -2.23. The highest BCUT2D eigenvalue weighted by Gasteiger charge is 2.28. The van der Waals surface area contributed by atoms with E-state index in [1.165, 1.54) is 0 Å². The van der Waals surface area contributed by atoms with Crippen molar-refractivity contribution in [3.63, 3.8) is 0 Å². The number of nitrogens with one attached hydrogen (secondary N) is 2. The zero-order chi connectivity index (χ0) is 22.4. The van der Waals surface area contributed by atoms with Crippen molar-refractivity contribution in [1.82, 2.24) is 20.5 Å². The number of aromatic nitrogens is 2. The van der Waals surface area contributed by atoms with Crippen LogP contribution in [0.15, 0.2) is 0 Å². The maximum atomic E-state index is 15.1. The van der Waals surface area contributed by atoms with Gasteiger partial charge >= 0.3 is 0 Å². The van der Waals surface area contributed by atoms with Gasteiger partial charge in [0.15, 0.2) is 11.6 Å². The van der Waals surface area contributed by atoms with Crippen LogP contribution in [0.5, 0.6) is 0 Å². The molecule has 2 aliphatic rings. The van der Waals surface area contributed by atoms with Gasteiger partial charge in [-0.25, -0.2) is 15.0 Å². The summed E-state index contributed by atoms with van der Waals surface area (Å²) in [6, 6.07) is 0. The van der Waals surface area contributed by atoms with Gasteiger partial charge in [0.2, 0.25) is 18.1 Å². The summed E-state index contributed by atoms with van der Waals surface area (Å²) in [5.41, 5.74) is 5.15. The molecule has 2 atom stereocenters. The fourth-order valence-corrected chi connectivity index (χ4v) is 4.46. The third-order valence-corrected chi connectivity index (χ3v) is 6.22. The number of rotatable bonds is 10. The number of nitrogens with zero attached hydrogens (tertiary/aromatic N) is 4. The molecule has 31 heavy (non-hydrogen) atoms. The number of aryl methyl sites for hydroxylation is 1. The zero-order valence-corrected chi connectivity index (χ0v) is 18.3. The number of anilines is 2. The average Bonchev–Trinajstić information content (AvgIpc) is 3.43. The molecule has 3 N–H and O–H groups in total. The van der Waals surface area contributed by atoms with Crippen LogP contribution in [0.2, 0.25) is 0 Å². The van der Waals surface area contributed by atoms with Crippen LogP contribution >= 0.6 is 0 Å². The standard InChI is InChI=1S/C21H33FN6O3/c1-3-17-23-19(18(22)20(24-17)27-9-8-14(2)11-27)25-26-21(30)16(12-28(31)13-29)10-15-6-4-5-7-15/h13-16,31H,3-12H2,1-2H3,(H,26,30)(H,23,24,25)/t14-,16?/m0/s1. The molecule has 1 aliphatic carbocycles. The first-order valence-corrected chi connectivity index (χ1v) is 11.2. The topological polar surface area (TPSA) is 111 Å². The second kappa shape index (κ2) is 10.7. The molecule has 0 aromatic carbocycles. The Morgan fingerprint density at radius 3 is 2.71 bits per heavy atom. The summed E-state index contributed by atoms with van der Waals surface area (Å²) in [5, 5.41) is 10.1. The van der Waals surface area contributed by atoms with E-state index >= 15 is 4.39 Å². The number of amides is 2. The highest BCUT2D eigenvalue weighted by atomic mass is 19.1. The first-order chi connectivity index (χ1) is 14.9. The van der Waals surface area contributed by atoms with Crippen molar-refractivity contribution in [2.24, 2.45) is 17.8 Å². The second-order valence-corrected chi connectivity index (χ2v) is 8.74. The summed E-state index contributed by atoms with van der Waals surface area (Å²) in [6.45, 7) is 5.35. The number of halogens is 1. The molecule has 172 valence electrons. The molecule has 0 radical (unpaired) electrons. The lowest BCUT2D eigenvalue weighted by atomic mass is 9.92. The first kappa shape index (κ1) is 23.2. The molecular weight excluding hydrogens is 403 g/mol. The lowest BCUT2D eigenvalue weighted by Crippen LogP contribution is -2.41. The maximum absolute atomic E-state index is 15.1. The number of carbonyl (C=O) groups excluding carboxylic acids is 2. The van der Waals surface area contributed by atoms with Crippen LogP contribution in [0.1, 0.15) is 58.2 Å². The Labute approximate surface area is 182 Å². The molecule has 1 aliphatic heterocycles. The van der Waals surface area contributed by atoms with Crippen LogP contribution in [0.3, 0.4) is 0 Å². The summed E-state index contributed by atoms with van der Waals surface area (Å²) in [4.78, 5) is 34.1. The molecule has 1 saturated heterocycles. The molecule has 2 fully saturated rings. The minimum atomic E-state index is -0.611. The third kappa shape index (κ3) is 6.03. The molecule has 2 heterocycles. The van der Waals surface area contributed by atoms with Crippen LogP contribution in [-0.4, -0.2) is 52.2 Å². The minimum absolute atomic E-state index is 0.0781. The molecule has 1 saturated carbocycles. The van der Waals surface area contributed by atoms with Crippen LogP contribution in [0, 0.1) is 23.6 Å². The number of hydrogen-bond acceptors (Lipinski definition) is 7. The van der Waals surface area contributed by atoms with Gasteiger partial charge in [-0.05, 0) is 24.7 Å². The molecule has 3 rings (SSSR count). The average molecular weight is 437 g/mol. The van der Waals surface area contributed by atoms with E-state index in [-0.39, 0.29) is 24.6 Å². The van der Waals surface area contributed by atoms with Crippen LogP contribution < -0.4 is 15.8 Å². The number of carbonyl (C=O) groups is 2. The Morgan fingerprint density at radius 2 is 2.10 bits per heavy atom. The Balaban J connectivity index is 1.71. The summed E-state index contributed by atoms with van der Waals surface area (Å²) < 4.78 is 15.1. The normalized spacial score (nSPS) is 20.0. The number of hydroxylamine groups is 2. The highest BCUT2D eigenvalue weighted by Crippen LogP contribution is 2.31. The molecule has 10 heteroatoms. The van der Waals surface area contributed by atoms with Crippen molar-refractivity contribution >= 4 is 24.0 Å². The van der Waals surface area contributed by atoms with Gasteiger partial charge < -0.3 is 4.90 Å². The molecule has 1 unspecified atom stereocenters. The highest BCUT2D eigenvalue weighted by molar-refractivity contribution is 5.80. The summed E-state index contributed by atoms with van der Waals surface area (Å²) in [6.07, 6.45) is 6.65. The van der Waals surface area contributed by atoms with E-state index in [1.54, 1.807) is 0 Å². The largest absolute Gasteiger partial charge is 0.354 e. The monoisotopic (exact) mass is 436 g/mol.